The second-order valence-corrected chi connectivity index (χ2v) is 2.10. The molecule has 0 heterocycles. The molecule has 0 saturated carbocycles. The SMILES string of the molecule is NC(=O)COCC(O)CCl. The summed E-state index contributed by atoms with van der Waals surface area (Å²) in [6.07, 6.45) is -0.721. The van der Waals surface area contributed by atoms with Gasteiger partial charge < -0.3 is 15.6 Å². The first-order chi connectivity index (χ1) is 4.66. The van der Waals surface area contributed by atoms with Crippen LogP contribution in [0.25, 0.3) is 0 Å². The maximum Gasteiger partial charge on any atom is 0.243 e. The number of nitrogens with two attached hydrogens (primary N) is 1. The van der Waals surface area contributed by atoms with Gasteiger partial charge in [-0.2, -0.15) is 0 Å². The maximum atomic E-state index is 10.1. The number of carbonyl (C=O) groups is 1. The topological polar surface area (TPSA) is 72.6 Å². The number of hydrogen-bond acceptors (Lipinski definition) is 3. The van der Waals surface area contributed by atoms with Crippen molar-refractivity contribution in [2.75, 3.05) is 19.1 Å². The Morgan fingerprint density at radius 1 is 1.80 bits per heavy atom. The summed E-state index contributed by atoms with van der Waals surface area (Å²) >= 11 is 5.22. The lowest BCUT2D eigenvalue weighted by molar-refractivity contribution is -0.123. The van der Waals surface area contributed by atoms with Gasteiger partial charge in [0.2, 0.25) is 5.91 Å². The van der Waals surface area contributed by atoms with Crippen LogP contribution in [-0.4, -0.2) is 36.2 Å². The van der Waals surface area contributed by atoms with Crippen LogP contribution in [0.3, 0.4) is 0 Å². The lowest BCUT2D eigenvalue weighted by Crippen LogP contribution is -2.23. The van der Waals surface area contributed by atoms with Crippen molar-refractivity contribution in [3.05, 3.63) is 0 Å². The van der Waals surface area contributed by atoms with Crippen molar-refractivity contribution in [3.8, 4) is 0 Å². The molecule has 0 aliphatic heterocycles. The van der Waals surface area contributed by atoms with E-state index in [0.717, 1.165) is 0 Å². The minimum Gasteiger partial charge on any atom is -0.389 e. The number of ether oxygens (including phenoxy) is 1. The van der Waals surface area contributed by atoms with Crippen LogP contribution < -0.4 is 5.73 Å². The Morgan fingerprint density at radius 2 is 2.40 bits per heavy atom. The molecule has 0 rings (SSSR count). The fourth-order valence-electron chi connectivity index (χ4n) is 0.340. The monoisotopic (exact) mass is 167 g/mol. The van der Waals surface area contributed by atoms with Crippen molar-refractivity contribution in [1.82, 2.24) is 0 Å². The second-order valence-electron chi connectivity index (χ2n) is 1.79. The van der Waals surface area contributed by atoms with E-state index < -0.39 is 12.0 Å². The van der Waals surface area contributed by atoms with E-state index in [2.05, 4.69) is 4.74 Å². The molecule has 0 aromatic heterocycles. The minimum atomic E-state index is -0.721. The average Bonchev–Trinajstić information content (AvgIpc) is 1.87. The molecule has 5 heteroatoms. The molecule has 1 amide bonds. The lowest BCUT2D eigenvalue weighted by Gasteiger charge is -2.04. The first-order valence-corrected chi connectivity index (χ1v) is 3.30. The van der Waals surface area contributed by atoms with Gasteiger partial charge in [0, 0.05) is 0 Å². The van der Waals surface area contributed by atoms with Crippen molar-refractivity contribution < 1.29 is 14.6 Å². The summed E-state index contributed by atoms with van der Waals surface area (Å²) in [5.74, 6) is -0.458. The van der Waals surface area contributed by atoms with Crippen LogP contribution in [0.5, 0.6) is 0 Å². The van der Waals surface area contributed by atoms with Crippen molar-refractivity contribution in [3.63, 3.8) is 0 Å². The molecular weight excluding hydrogens is 158 g/mol. The van der Waals surface area contributed by atoms with Gasteiger partial charge in [0.1, 0.15) is 6.61 Å². The van der Waals surface area contributed by atoms with Crippen LogP contribution in [-0.2, 0) is 9.53 Å². The normalized spacial score (nSPS) is 13.0. The van der Waals surface area contributed by atoms with Gasteiger partial charge in [-0.1, -0.05) is 0 Å². The molecule has 3 N–H and O–H groups in total. The summed E-state index contributed by atoms with van der Waals surface area (Å²) in [5, 5.41) is 8.76. The van der Waals surface area contributed by atoms with Crippen LogP contribution in [0.15, 0.2) is 0 Å². The number of primary amides is 1. The molecule has 0 aliphatic carbocycles. The number of hydrogen-bond donors (Lipinski definition) is 2. The van der Waals surface area contributed by atoms with Gasteiger partial charge in [-0.3, -0.25) is 4.79 Å². The highest BCUT2D eigenvalue weighted by molar-refractivity contribution is 6.18. The number of carbonyl (C=O) groups excluding carboxylic acids is 1. The number of aliphatic hydroxyl groups excluding tert-OH is 1. The highest BCUT2D eigenvalue weighted by atomic mass is 35.5. The van der Waals surface area contributed by atoms with Gasteiger partial charge in [-0.25, -0.2) is 0 Å². The molecular formula is C5H10ClNO3. The smallest absolute Gasteiger partial charge is 0.243 e. The zero-order chi connectivity index (χ0) is 7.98. The van der Waals surface area contributed by atoms with Crippen molar-refractivity contribution in [2.45, 2.75) is 6.10 Å². The van der Waals surface area contributed by atoms with Crippen LogP contribution in [0.1, 0.15) is 0 Å². The van der Waals surface area contributed by atoms with Crippen LogP contribution in [0.2, 0.25) is 0 Å². The third-order valence-electron chi connectivity index (χ3n) is 0.733. The fraction of sp³-hybridized carbons (Fsp3) is 0.800. The summed E-state index contributed by atoms with van der Waals surface area (Å²) in [5.41, 5.74) is 4.74. The molecule has 0 aliphatic rings. The van der Waals surface area contributed by atoms with Gasteiger partial charge in [-0.15, -0.1) is 11.6 Å². The first kappa shape index (κ1) is 9.68. The van der Waals surface area contributed by atoms with E-state index >= 15 is 0 Å². The standard InChI is InChI=1S/C5H10ClNO3/c6-1-4(8)2-10-3-5(7)9/h4,8H,1-3H2,(H2,7,9). The van der Waals surface area contributed by atoms with Crippen LogP contribution in [0.4, 0.5) is 0 Å². The molecule has 0 saturated heterocycles. The Morgan fingerprint density at radius 3 is 2.80 bits per heavy atom. The summed E-state index contributed by atoms with van der Waals surface area (Å²) < 4.78 is 4.64. The number of aliphatic hydroxyl groups is 1. The molecule has 0 aromatic carbocycles. The van der Waals surface area contributed by atoms with E-state index in [1.54, 1.807) is 0 Å². The van der Waals surface area contributed by atoms with Crippen molar-refractivity contribution in [2.24, 2.45) is 5.73 Å². The minimum absolute atomic E-state index is 0.0481. The zero-order valence-corrected chi connectivity index (χ0v) is 6.17. The molecule has 0 spiro atoms. The fourth-order valence-corrected chi connectivity index (χ4v) is 0.429. The average molecular weight is 168 g/mol. The van der Waals surface area contributed by atoms with Crippen molar-refractivity contribution >= 4 is 17.5 Å². The summed E-state index contributed by atoms with van der Waals surface area (Å²) in [6, 6.07) is 0. The number of amides is 1. The van der Waals surface area contributed by atoms with E-state index in [9.17, 15) is 4.79 Å². The Labute approximate surface area is 63.9 Å². The quantitative estimate of drug-likeness (QED) is 0.521. The Hall–Kier alpha value is -0.320. The third-order valence-corrected chi connectivity index (χ3v) is 1.09. The third kappa shape index (κ3) is 5.81. The largest absolute Gasteiger partial charge is 0.389 e. The number of halogens is 1. The van der Waals surface area contributed by atoms with Crippen LogP contribution in [0, 0.1) is 0 Å². The van der Waals surface area contributed by atoms with E-state index in [-0.39, 0.29) is 19.1 Å². The molecule has 10 heavy (non-hydrogen) atoms. The van der Waals surface area contributed by atoms with E-state index in [4.69, 9.17) is 22.4 Å². The summed E-state index contributed by atoms with van der Waals surface area (Å²) in [7, 11) is 0. The molecule has 0 bridgehead atoms. The summed E-state index contributed by atoms with van der Waals surface area (Å²) in [6.45, 7) is -0.125. The maximum absolute atomic E-state index is 10.1. The molecule has 1 unspecified atom stereocenters. The summed E-state index contributed by atoms with van der Waals surface area (Å²) in [4.78, 5) is 10.1. The van der Waals surface area contributed by atoms with Gasteiger partial charge in [0.25, 0.3) is 0 Å². The van der Waals surface area contributed by atoms with Crippen molar-refractivity contribution in [1.29, 1.82) is 0 Å². The van der Waals surface area contributed by atoms with Gasteiger partial charge in [0.05, 0.1) is 18.6 Å². The molecule has 0 fully saturated rings. The zero-order valence-electron chi connectivity index (χ0n) is 5.42. The molecule has 1 atom stereocenters. The molecule has 60 valence electrons. The van der Waals surface area contributed by atoms with E-state index in [1.807, 2.05) is 0 Å². The van der Waals surface area contributed by atoms with Gasteiger partial charge >= 0.3 is 0 Å². The predicted molar refractivity (Wildman–Crippen MR) is 36.7 cm³/mol. The molecule has 4 nitrogen and oxygen atoms in total. The highest BCUT2D eigenvalue weighted by Gasteiger charge is 2.01. The number of alkyl halides is 1. The molecule has 0 radical (unpaired) electrons. The lowest BCUT2D eigenvalue weighted by atomic mass is 10.4. The predicted octanol–water partition coefficient (Wildman–Crippen LogP) is -0.912. The first-order valence-electron chi connectivity index (χ1n) is 2.77. The van der Waals surface area contributed by atoms with Gasteiger partial charge in [-0.05, 0) is 0 Å². The Kier molecular flexibility index (Phi) is 5.29. The molecule has 0 aromatic rings. The van der Waals surface area contributed by atoms with Gasteiger partial charge in [0.15, 0.2) is 0 Å². The number of rotatable bonds is 5. The Bertz CT molecular complexity index is 109. The second kappa shape index (κ2) is 5.46. The van der Waals surface area contributed by atoms with E-state index in [1.165, 1.54) is 0 Å². The Balaban J connectivity index is 3.11. The van der Waals surface area contributed by atoms with Crippen LogP contribution >= 0.6 is 11.6 Å². The highest BCUT2D eigenvalue weighted by Crippen LogP contribution is 1.87. The van der Waals surface area contributed by atoms with E-state index in [0.29, 0.717) is 0 Å².